The number of rotatable bonds is 7. The molecule has 0 atom stereocenters. The molecule has 0 saturated carbocycles. The molecule has 3 aromatic carbocycles. The fourth-order valence-corrected chi connectivity index (χ4v) is 4.12. The van der Waals surface area contributed by atoms with Gasteiger partial charge in [0.2, 0.25) is 0 Å². The minimum Gasteiger partial charge on any atom is -0.493 e. The molecule has 1 saturated heterocycles. The lowest BCUT2D eigenvalue weighted by molar-refractivity contribution is -0.159. The quantitative estimate of drug-likeness (QED) is 0.494. The van der Waals surface area contributed by atoms with Crippen molar-refractivity contribution in [3.8, 4) is 11.5 Å². The van der Waals surface area contributed by atoms with E-state index in [4.69, 9.17) is 29.3 Å². The summed E-state index contributed by atoms with van der Waals surface area (Å²) in [6.07, 6.45) is 0. The van der Waals surface area contributed by atoms with Crippen LogP contribution < -0.4 is 9.47 Å². The van der Waals surface area contributed by atoms with E-state index < -0.39 is 11.9 Å². The number of carboxylic acids is 2. The van der Waals surface area contributed by atoms with E-state index in [2.05, 4.69) is 64.4 Å². The van der Waals surface area contributed by atoms with Crippen LogP contribution >= 0.6 is 0 Å². The summed E-state index contributed by atoms with van der Waals surface area (Å²) < 4.78 is 11.1. The zero-order valence-corrected chi connectivity index (χ0v) is 20.1. The summed E-state index contributed by atoms with van der Waals surface area (Å²) in [5.74, 6) is -2.01. The van der Waals surface area contributed by atoms with Gasteiger partial charge in [-0.15, -0.1) is 0 Å². The van der Waals surface area contributed by atoms with Crippen LogP contribution in [0.5, 0.6) is 11.5 Å². The number of fused-ring (bicyclic) bond motifs is 1. The number of methoxy groups -OCH3 is 1. The lowest BCUT2D eigenvalue weighted by Gasteiger charge is -2.35. The number of carboxylic acid groups (broad SMARTS) is 2. The fraction of sp³-hybridized carbons (Fsp3) is 0.333. The second-order valence-electron chi connectivity index (χ2n) is 8.22. The van der Waals surface area contributed by atoms with Gasteiger partial charge in [0.25, 0.3) is 0 Å². The van der Waals surface area contributed by atoms with Crippen molar-refractivity contribution in [2.45, 2.75) is 20.0 Å². The minimum absolute atomic E-state index is 0.645. The van der Waals surface area contributed by atoms with Crippen molar-refractivity contribution in [3.63, 3.8) is 0 Å². The number of hydrogen-bond donors (Lipinski definition) is 2. The van der Waals surface area contributed by atoms with Crippen LogP contribution in [0.15, 0.2) is 60.7 Å². The summed E-state index contributed by atoms with van der Waals surface area (Å²) in [5.41, 5.74) is 2.70. The average molecular weight is 481 g/mol. The largest absolute Gasteiger partial charge is 0.493 e. The van der Waals surface area contributed by atoms with E-state index in [1.807, 2.05) is 13.0 Å². The molecule has 0 amide bonds. The molecule has 8 nitrogen and oxygen atoms in total. The standard InChI is InChI=1S/C25H30N2O2.C2H2O4/c1-3-29-25-17-20(11-12-24(25)28-2)18-26-13-15-27(16-14-26)19-22-9-6-8-21-7-4-5-10-23(21)22;3-1(4)2(5)6/h4-12,17H,3,13-16,18-19H2,1-2H3;(H,3,4)(H,5,6). The third-order valence-corrected chi connectivity index (χ3v) is 5.86. The van der Waals surface area contributed by atoms with Crippen molar-refractivity contribution in [3.05, 3.63) is 71.8 Å². The van der Waals surface area contributed by atoms with Crippen LogP contribution in [0.4, 0.5) is 0 Å². The van der Waals surface area contributed by atoms with Gasteiger partial charge < -0.3 is 19.7 Å². The van der Waals surface area contributed by atoms with Crippen molar-refractivity contribution in [1.29, 1.82) is 0 Å². The highest BCUT2D eigenvalue weighted by atomic mass is 16.5. The molecule has 3 aromatic rings. The van der Waals surface area contributed by atoms with Crippen LogP contribution in [0, 0.1) is 0 Å². The molecule has 0 aromatic heterocycles. The number of nitrogens with zero attached hydrogens (tertiary/aromatic N) is 2. The number of aliphatic carboxylic acids is 2. The topological polar surface area (TPSA) is 99.5 Å². The average Bonchev–Trinajstić information content (AvgIpc) is 2.86. The maximum absolute atomic E-state index is 9.10. The molecule has 2 N–H and O–H groups in total. The SMILES string of the molecule is CCOc1cc(CN2CCN(Cc3cccc4ccccc34)CC2)ccc1OC.O=C(O)C(=O)O. The molecule has 4 rings (SSSR count). The molecule has 35 heavy (non-hydrogen) atoms. The Hall–Kier alpha value is -3.62. The predicted octanol–water partition coefficient (Wildman–Crippen LogP) is 3.72. The molecule has 1 heterocycles. The van der Waals surface area contributed by atoms with Crippen molar-refractivity contribution in [2.24, 2.45) is 0 Å². The predicted molar refractivity (Wildman–Crippen MR) is 134 cm³/mol. The summed E-state index contributed by atoms with van der Waals surface area (Å²) in [7, 11) is 1.69. The van der Waals surface area contributed by atoms with Crippen LogP contribution in [0.3, 0.4) is 0 Å². The van der Waals surface area contributed by atoms with E-state index in [1.54, 1.807) is 7.11 Å². The van der Waals surface area contributed by atoms with E-state index in [-0.39, 0.29) is 0 Å². The molecular weight excluding hydrogens is 448 g/mol. The summed E-state index contributed by atoms with van der Waals surface area (Å²) in [6, 6.07) is 21.6. The van der Waals surface area contributed by atoms with Gasteiger partial charge in [-0.1, -0.05) is 48.5 Å². The first-order chi connectivity index (χ1) is 16.9. The lowest BCUT2D eigenvalue weighted by atomic mass is 10.0. The molecule has 1 aliphatic rings. The number of piperazine rings is 1. The molecule has 0 aliphatic carbocycles. The fourth-order valence-electron chi connectivity index (χ4n) is 4.12. The van der Waals surface area contributed by atoms with Gasteiger partial charge in [-0.3, -0.25) is 9.80 Å². The molecule has 1 aliphatic heterocycles. The number of ether oxygens (including phenoxy) is 2. The zero-order chi connectivity index (χ0) is 25.2. The highest BCUT2D eigenvalue weighted by Crippen LogP contribution is 2.29. The maximum Gasteiger partial charge on any atom is 0.414 e. The van der Waals surface area contributed by atoms with Crippen molar-refractivity contribution in [1.82, 2.24) is 9.80 Å². The van der Waals surface area contributed by atoms with Gasteiger partial charge in [-0.25, -0.2) is 9.59 Å². The van der Waals surface area contributed by atoms with Gasteiger partial charge in [0, 0.05) is 39.3 Å². The van der Waals surface area contributed by atoms with Gasteiger partial charge in [0.15, 0.2) is 11.5 Å². The first-order valence-corrected chi connectivity index (χ1v) is 11.6. The first kappa shape index (κ1) is 26.0. The first-order valence-electron chi connectivity index (χ1n) is 11.6. The molecule has 0 bridgehead atoms. The van der Waals surface area contributed by atoms with Gasteiger partial charge in [-0.2, -0.15) is 0 Å². The number of hydrogen-bond acceptors (Lipinski definition) is 6. The Morgan fingerprint density at radius 2 is 1.46 bits per heavy atom. The highest BCUT2D eigenvalue weighted by Gasteiger charge is 2.18. The van der Waals surface area contributed by atoms with Crippen LogP contribution in [-0.2, 0) is 22.7 Å². The van der Waals surface area contributed by atoms with E-state index in [9.17, 15) is 0 Å². The number of benzene rings is 3. The molecular formula is C27H32N2O6. The monoisotopic (exact) mass is 480 g/mol. The van der Waals surface area contributed by atoms with E-state index in [0.29, 0.717) is 6.61 Å². The van der Waals surface area contributed by atoms with Crippen LogP contribution in [0.25, 0.3) is 10.8 Å². The summed E-state index contributed by atoms with van der Waals surface area (Å²) >= 11 is 0. The molecule has 0 spiro atoms. The third kappa shape index (κ3) is 7.43. The lowest BCUT2D eigenvalue weighted by Crippen LogP contribution is -2.45. The smallest absolute Gasteiger partial charge is 0.414 e. The Kier molecular flexibility index (Phi) is 9.46. The molecule has 1 fully saturated rings. The van der Waals surface area contributed by atoms with Gasteiger partial charge in [0.05, 0.1) is 13.7 Å². The van der Waals surface area contributed by atoms with E-state index in [0.717, 1.165) is 50.8 Å². The normalized spacial score (nSPS) is 14.1. The highest BCUT2D eigenvalue weighted by molar-refractivity contribution is 6.27. The Morgan fingerprint density at radius 3 is 2.09 bits per heavy atom. The Labute approximate surface area is 205 Å². The maximum atomic E-state index is 9.10. The Morgan fingerprint density at radius 1 is 0.829 bits per heavy atom. The van der Waals surface area contributed by atoms with E-state index >= 15 is 0 Å². The van der Waals surface area contributed by atoms with Crippen molar-refractivity contribution < 1.29 is 29.3 Å². The minimum atomic E-state index is -1.82. The second-order valence-corrected chi connectivity index (χ2v) is 8.22. The van der Waals surface area contributed by atoms with E-state index in [1.165, 1.54) is 21.9 Å². The van der Waals surface area contributed by atoms with Crippen LogP contribution in [0.2, 0.25) is 0 Å². The van der Waals surface area contributed by atoms with Crippen LogP contribution in [0.1, 0.15) is 18.1 Å². The molecule has 0 radical (unpaired) electrons. The van der Waals surface area contributed by atoms with Crippen molar-refractivity contribution >= 4 is 22.7 Å². The number of carbonyl (C=O) groups is 2. The van der Waals surface area contributed by atoms with Gasteiger partial charge in [-0.05, 0) is 41.0 Å². The Bertz CT molecular complexity index is 1120. The Balaban J connectivity index is 0.000000509. The second kappa shape index (κ2) is 12.7. The third-order valence-electron chi connectivity index (χ3n) is 5.86. The molecule has 186 valence electrons. The van der Waals surface area contributed by atoms with Crippen molar-refractivity contribution in [2.75, 3.05) is 39.9 Å². The molecule has 8 heteroatoms. The summed E-state index contributed by atoms with van der Waals surface area (Å²) in [4.78, 5) is 23.3. The summed E-state index contributed by atoms with van der Waals surface area (Å²) in [5, 5.41) is 17.5. The van der Waals surface area contributed by atoms with Gasteiger partial charge >= 0.3 is 11.9 Å². The zero-order valence-electron chi connectivity index (χ0n) is 20.1. The van der Waals surface area contributed by atoms with Gasteiger partial charge in [0.1, 0.15) is 0 Å². The van der Waals surface area contributed by atoms with Crippen LogP contribution in [-0.4, -0.2) is 71.8 Å². The summed E-state index contributed by atoms with van der Waals surface area (Å²) in [6.45, 7) is 8.98. The molecule has 0 unspecified atom stereocenters.